The first kappa shape index (κ1) is 7.56. The lowest BCUT2D eigenvalue weighted by atomic mass is 10.7. The van der Waals surface area contributed by atoms with Crippen LogP contribution in [0.5, 0.6) is 0 Å². The minimum Gasteiger partial charge on any atom is -0.448 e. The fourth-order valence-corrected chi connectivity index (χ4v) is 0.348. The Kier molecular flexibility index (Phi) is 4.45. The van der Waals surface area contributed by atoms with Crippen LogP contribution in [0.1, 0.15) is 0 Å². The van der Waals surface area contributed by atoms with Crippen LogP contribution in [0.15, 0.2) is 0 Å². The van der Waals surface area contributed by atoms with Gasteiger partial charge in [-0.2, -0.15) is 0 Å². The number of carbonyl (C=O) groups excluding carboxylic acids is 1. The van der Waals surface area contributed by atoms with Gasteiger partial charge < -0.3 is 10.1 Å². The van der Waals surface area contributed by atoms with Gasteiger partial charge in [-0.3, -0.25) is 0 Å². The van der Waals surface area contributed by atoms with E-state index in [0.717, 1.165) is 0 Å². The molecular weight excluding hydrogens is 130 g/mol. The molecule has 0 unspecified atom stereocenters. The maximum absolute atomic E-state index is 9.91. The van der Waals surface area contributed by atoms with Crippen LogP contribution in [0.3, 0.4) is 0 Å². The second-order valence-electron chi connectivity index (χ2n) is 1.06. The zero-order valence-corrected chi connectivity index (χ0v) is 5.36. The molecule has 1 aliphatic heterocycles. The Hall–Kier alpha value is -0.440. The summed E-state index contributed by atoms with van der Waals surface area (Å²) in [6.07, 6.45) is 1.18. The summed E-state index contributed by atoms with van der Waals surface area (Å²) in [6, 6.07) is 0. The molecule has 0 aromatic heterocycles. The molecule has 1 heterocycles. The highest BCUT2D eigenvalue weighted by atomic mass is 35.5. The Labute approximate surface area is 53.0 Å². The Bertz CT molecular complexity index is 68.4. The summed E-state index contributed by atoms with van der Waals surface area (Å²) in [5.74, 6) is 0. The standard InChI is InChI=1S/C3H5NO2.CH3Cl/c5-3-4-1-2-6-3;1-2/h1-2H2,(H,4,5);1H3. The topological polar surface area (TPSA) is 38.3 Å². The number of alkyl carbamates (subject to hydrolysis) is 1. The molecule has 3 nitrogen and oxygen atoms in total. The van der Waals surface area contributed by atoms with Crippen LogP contribution in [-0.4, -0.2) is 25.6 Å². The Balaban J connectivity index is 0.000000222. The molecular formula is C4H8ClNO2. The molecule has 48 valence electrons. The Morgan fingerprint density at radius 1 is 1.75 bits per heavy atom. The molecule has 0 spiro atoms. The van der Waals surface area contributed by atoms with Crippen molar-refractivity contribution in [3.8, 4) is 0 Å². The second kappa shape index (κ2) is 4.71. The molecule has 0 saturated carbocycles. The number of rotatable bonds is 0. The van der Waals surface area contributed by atoms with Crippen LogP contribution in [0, 0.1) is 0 Å². The van der Waals surface area contributed by atoms with Crippen molar-refractivity contribution < 1.29 is 9.53 Å². The van der Waals surface area contributed by atoms with Gasteiger partial charge in [0.2, 0.25) is 0 Å². The van der Waals surface area contributed by atoms with Gasteiger partial charge in [0.1, 0.15) is 6.61 Å². The number of hydrogen-bond acceptors (Lipinski definition) is 2. The van der Waals surface area contributed by atoms with E-state index in [1.54, 1.807) is 0 Å². The summed E-state index contributed by atoms with van der Waals surface area (Å²) in [4.78, 5) is 9.91. The molecule has 1 rings (SSSR count). The molecule has 0 aromatic rings. The monoisotopic (exact) mass is 137 g/mol. The third kappa shape index (κ3) is 2.69. The molecule has 8 heavy (non-hydrogen) atoms. The normalized spacial score (nSPS) is 15.5. The van der Waals surface area contributed by atoms with Gasteiger partial charge in [0, 0.05) is 6.38 Å². The predicted octanol–water partition coefficient (Wildman–Crippen LogP) is 0.581. The first-order valence-electron chi connectivity index (χ1n) is 2.18. The van der Waals surface area contributed by atoms with Crippen molar-refractivity contribution in [3.63, 3.8) is 0 Å². The minimum atomic E-state index is -0.296. The molecule has 0 aliphatic carbocycles. The first-order chi connectivity index (χ1) is 3.89. The van der Waals surface area contributed by atoms with E-state index in [1.165, 1.54) is 6.38 Å². The summed E-state index contributed by atoms with van der Waals surface area (Å²) in [5.41, 5.74) is 0. The van der Waals surface area contributed by atoms with Crippen LogP contribution in [0.4, 0.5) is 4.79 Å². The molecule has 0 bridgehead atoms. The average molecular weight is 138 g/mol. The molecule has 0 radical (unpaired) electrons. The summed E-state index contributed by atoms with van der Waals surface area (Å²) < 4.78 is 4.40. The van der Waals surface area contributed by atoms with E-state index in [9.17, 15) is 4.79 Å². The molecule has 1 amide bonds. The van der Waals surface area contributed by atoms with Gasteiger partial charge in [0.05, 0.1) is 6.54 Å². The van der Waals surface area contributed by atoms with Gasteiger partial charge in [-0.1, -0.05) is 0 Å². The van der Waals surface area contributed by atoms with Gasteiger partial charge in [0.25, 0.3) is 0 Å². The van der Waals surface area contributed by atoms with Crippen molar-refractivity contribution in [2.75, 3.05) is 19.5 Å². The van der Waals surface area contributed by atoms with Gasteiger partial charge in [-0.15, -0.1) is 11.6 Å². The third-order valence-electron chi connectivity index (χ3n) is 0.605. The number of alkyl halides is 1. The highest BCUT2D eigenvalue weighted by Gasteiger charge is 2.06. The molecule has 1 aliphatic rings. The van der Waals surface area contributed by atoms with Crippen LogP contribution >= 0.6 is 11.6 Å². The third-order valence-corrected chi connectivity index (χ3v) is 0.605. The zero-order valence-electron chi connectivity index (χ0n) is 4.61. The summed E-state index contributed by atoms with van der Waals surface area (Å²) in [7, 11) is 0. The van der Waals surface area contributed by atoms with Crippen molar-refractivity contribution >= 4 is 17.7 Å². The zero-order chi connectivity index (χ0) is 6.41. The number of halogens is 1. The Morgan fingerprint density at radius 3 is 2.50 bits per heavy atom. The molecule has 0 aromatic carbocycles. The number of hydrogen-bond donors (Lipinski definition) is 1. The van der Waals surface area contributed by atoms with E-state index in [1.807, 2.05) is 0 Å². The fourth-order valence-electron chi connectivity index (χ4n) is 0.348. The number of nitrogens with one attached hydrogen (secondary N) is 1. The molecule has 0 atom stereocenters. The molecule has 4 heteroatoms. The molecule has 1 N–H and O–H groups in total. The highest BCUT2D eigenvalue weighted by molar-refractivity contribution is 6.15. The fraction of sp³-hybridized carbons (Fsp3) is 0.750. The van der Waals surface area contributed by atoms with Gasteiger partial charge >= 0.3 is 6.09 Å². The summed E-state index contributed by atoms with van der Waals surface area (Å²) in [6.45, 7) is 1.19. The average Bonchev–Trinajstić information content (AvgIpc) is 2.24. The number of ether oxygens (including phenoxy) is 1. The number of carbonyl (C=O) groups is 1. The minimum absolute atomic E-state index is 0.296. The van der Waals surface area contributed by atoms with E-state index in [-0.39, 0.29) is 6.09 Å². The highest BCUT2D eigenvalue weighted by Crippen LogP contribution is 1.82. The van der Waals surface area contributed by atoms with E-state index in [0.29, 0.717) is 13.2 Å². The largest absolute Gasteiger partial charge is 0.448 e. The molecule has 1 fully saturated rings. The van der Waals surface area contributed by atoms with E-state index in [2.05, 4.69) is 21.7 Å². The molecule has 1 saturated heterocycles. The predicted molar refractivity (Wildman–Crippen MR) is 31.1 cm³/mol. The summed E-state index contributed by atoms with van der Waals surface area (Å²) in [5, 5.41) is 2.46. The first-order valence-corrected chi connectivity index (χ1v) is 2.93. The Morgan fingerprint density at radius 2 is 2.38 bits per heavy atom. The van der Waals surface area contributed by atoms with Gasteiger partial charge in [-0.05, 0) is 0 Å². The maximum Gasteiger partial charge on any atom is 0.407 e. The SMILES string of the molecule is CCl.O=C1NCCO1. The van der Waals surface area contributed by atoms with Crippen molar-refractivity contribution in [2.45, 2.75) is 0 Å². The second-order valence-corrected chi connectivity index (χ2v) is 1.06. The van der Waals surface area contributed by atoms with Crippen LogP contribution in [0.2, 0.25) is 0 Å². The number of amides is 1. The van der Waals surface area contributed by atoms with Gasteiger partial charge in [0.15, 0.2) is 0 Å². The van der Waals surface area contributed by atoms with Crippen LogP contribution < -0.4 is 5.32 Å². The van der Waals surface area contributed by atoms with Crippen molar-refractivity contribution in [3.05, 3.63) is 0 Å². The maximum atomic E-state index is 9.91. The van der Waals surface area contributed by atoms with Crippen LogP contribution in [0.25, 0.3) is 0 Å². The smallest absolute Gasteiger partial charge is 0.407 e. The lowest BCUT2D eigenvalue weighted by Gasteiger charge is -1.80. The van der Waals surface area contributed by atoms with Crippen molar-refractivity contribution in [1.82, 2.24) is 5.32 Å². The van der Waals surface area contributed by atoms with Crippen LogP contribution in [-0.2, 0) is 4.74 Å². The van der Waals surface area contributed by atoms with Crippen molar-refractivity contribution in [2.24, 2.45) is 0 Å². The van der Waals surface area contributed by atoms with Gasteiger partial charge in [-0.25, -0.2) is 4.79 Å². The number of cyclic esters (lactones) is 1. The lowest BCUT2D eigenvalue weighted by molar-refractivity contribution is 0.178. The summed E-state index contributed by atoms with van der Waals surface area (Å²) >= 11 is 4.64. The lowest BCUT2D eigenvalue weighted by Crippen LogP contribution is -2.11. The quantitative estimate of drug-likeness (QED) is 0.496. The van der Waals surface area contributed by atoms with E-state index in [4.69, 9.17) is 0 Å². The van der Waals surface area contributed by atoms with Crippen molar-refractivity contribution in [1.29, 1.82) is 0 Å². The van der Waals surface area contributed by atoms with E-state index >= 15 is 0 Å². The van der Waals surface area contributed by atoms with E-state index < -0.39 is 0 Å².